The van der Waals surface area contributed by atoms with Crippen molar-refractivity contribution in [1.82, 2.24) is 10.6 Å². The Morgan fingerprint density at radius 1 is 1.17 bits per heavy atom. The number of carboxylic acid groups (broad SMARTS) is 1. The number of rotatable bonds is 14. The van der Waals surface area contributed by atoms with E-state index in [1.807, 2.05) is 21.6 Å². The van der Waals surface area contributed by atoms with E-state index in [4.69, 9.17) is 0 Å². The molecule has 2 amide bonds. The zero-order valence-corrected chi connectivity index (χ0v) is 18.3. The number of carbonyl (C=O) groups excluding carboxylic acids is 3. The van der Waals surface area contributed by atoms with Crippen LogP contribution in [-0.2, 0) is 23.9 Å². The Kier molecular flexibility index (Phi) is 13.3. The van der Waals surface area contributed by atoms with Crippen molar-refractivity contribution in [3.05, 3.63) is 12.2 Å². The van der Waals surface area contributed by atoms with Gasteiger partial charge in [-0.15, -0.1) is 0 Å². The van der Waals surface area contributed by atoms with Gasteiger partial charge in [0, 0.05) is 36.1 Å². The number of amides is 2. The molecule has 1 unspecified atom stereocenters. The fraction of sp³-hybridized carbons (Fsp3) is 0.684. The molecule has 1 fully saturated rings. The summed E-state index contributed by atoms with van der Waals surface area (Å²) in [4.78, 5) is 45.7. The van der Waals surface area contributed by atoms with Gasteiger partial charge < -0.3 is 20.5 Å². The van der Waals surface area contributed by atoms with E-state index in [1.54, 1.807) is 0 Å². The molecule has 0 saturated carbocycles. The molecule has 0 radical (unpaired) electrons. The van der Waals surface area contributed by atoms with Crippen LogP contribution >= 0.6 is 21.6 Å². The van der Waals surface area contributed by atoms with Crippen LogP contribution in [0.4, 0.5) is 0 Å². The standard InChI is InChI=1S/C19H30N2O6S2/c1-27-18(24)10-9-16(22)20-12-5-4-7-15(19(25)26)21-17(23)8-3-2-6-14-11-13-28-29-14/h9-10,14-15H,2-8,11-13H2,1H3,(H,20,22)(H,21,23)(H,25,26)/t14-,15?/m1/s1. The van der Waals surface area contributed by atoms with Crippen molar-refractivity contribution in [2.75, 3.05) is 19.4 Å². The highest BCUT2D eigenvalue weighted by atomic mass is 33.1. The summed E-state index contributed by atoms with van der Waals surface area (Å²) >= 11 is 0. The number of aliphatic carboxylic acids is 1. The normalized spacial score (nSPS) is 17.1. The summed E-state index contributed by atoms with van der Waals surface area (Å²) in [6.45, 7) is 0.349. The predicted molar refractivity (Wildman–Crippen MR) is 115 cm³/mol. The van der Waals surface area contributed by atoms with Crippen molar-refractivity contribution in [3.8, 4) is 0 Å². The molecular formula is C19H30N2O6S2. The summed E-state index contributed by atoms with van der Waals surface area (Å²) in [6.07, 6.45) is 7.93. The minimum Gasteiger partial charge on any atom is -0.480 e. The first-order valence-electron chi connectivity index (χ1n) is 9.76. The zero-order chi connectivity index (χ0) is 21.5. The molecule has 0 aromatic carbocycles. The van der Waals surface area contributed by atoms with Crippen molar-refractivity contribution in [1.29, 1.82) is 0 Å². The SMILES string of the molecule is COC(=O)C=CC(=O)NCCCCC(NC(=O)CCCC[C@@H]1CCSS1)C(=O)O. The second kappa shape index (κ2) is 15.2. The first kappa shape index (κ1) is 25.4. The summed E-state index contributed by atoms with van der Waals surface area (Å²) < 4.78 is 4.38. The molecule has 1 saturated heterocycles. The van der Waals surface area contributed by atoms with Gasteiger partial charge in [0.25, 0.3) is 0 Å². The van der Waals surface area contributed by atoms with Gasteiger partial charge in [-0.05, 0) is 38.5 Å². The maximum absolute atomic E-state index is 12.0. The number of ether oxygens (including phenoxy) is 1. The molecule has 2 atom stereocenters. The lowest BCUT2D eigenvalue weighted by Gasteiger charge is -2.14. The van der Waals surface area contributed by atoms with Gasteiger partial charge in [0.1, 0.15) is 6.04 Å². The Morgan fingerprint density at radius 2 is 1.97 bits per heavy atom. The molecule has 164 valence electrons. The Balaban J connectivity index is 2.14. The van der Waals surface area contributed by atoms with Crippen molar-refractivity contribution < 1.29 is 29.0 Å². The molecule has 0 aromatic rings. The maximum Gasteiger partial charge on any atom is 0.330 e. The van der Waals surface area contributed by atoms with Gasteiger partial charge in [0.2, 0.25) is 11.8 Å². The monoisotopic (exact) mass is 446 g/mol. The molecule has 0 bridgehead atoms. The van der Waals surface area contributed by atoms with Crippen LogP contribution in [0.3, 0.4) is 0 Å². The third-order valence-electron chi connectivity index (χ3n) is 4.33. The molecule has 1 rings (SSSR count). The van der Waals surface area contributed by atoms with Gasteiger partial charge in [-0.1, -0.05) is 28.0 Å². The van der Waals surface area contributed by atoms with E-state index < -0.39 is 23.9 Å². The molecule has 10 heteroatoms. The Bertz CT molecular complexity index is 579. The van der Waals surface area contributed by atoms with Gasteiger partial charge >= 0.3 is 11.9 Å². The minimum atomic E-state index is -1.05. The zero-order valence-electron chi connectivity index (χ0n) is 16.7. The number of carboxylic acids is 1. The number of carbonyl (C=O) groups is 4. The van der Waals surface area contributed by atoms with Gasteiger partial charge in [0.15, 0.2) is 0 Å². The lowest BCUT2D eigenvalue weighted by atomic mass is 10.1. The van der Waals surface area contributed by atoms with Crippen LogP contribution in [0.1, 0.15) is 51.4 Å². The van der Waals surface area contributed by atoms with E-state index in [9.17, 15) is 24.3 Å². The van der Waals surface area contributed by atoms with Crippen LogP contribution in [0.25, 0.3) is 0 Å². The van der Waals surface area contributed by atoms with E-state index in [-0.39, 0.29) is 5.91 Å². The van der Waals surface area contributed by atoms with Crippen molar-refractivity contribution in [2.24, 2.45) is 0 Å². The van der Waals surface area contributed by atoms with Crippen LogP contribution < -0.4 is 10.6 Å². The van der Waals surface area contributed by atoms with Crippen LogP contribution in [0.15, 0.2) is 12.2 Å². The summed E-state index contributed by atoms with van der Waals surface area (Å²) in [5.74, 6) is -1.12. The number of hydrogen-bond acceptors (Lipinski definition) is 7. The van der Waals surface area contributed by atoms with E-state index in [2.05, 4.69) is 15.4 Å². The lowest BCUT2D eigenvalue weighted by Crippen LogP contribution is -2.40. The van der Waals surface area contributed by atoms with E-state index >= 15 is 0 Å². The Morgan fingerprint density at radius 3 is 2.62 bits per heavy atom. The highest BCUT2D eigenvalue weighted by Gasteiger charge is 2.20. The number of unbranched alkanes of at least 4 members (excludes halogenated alkanes) is 2. The average molecular weight is 447 g/mol. The van der Waals surface area contributed by atoms with E-state index in [1.165, 1.54) is 19.3 Å². The average Bonchev–Trinajstić information content (AvgIpc) is 3.21. The molecule has 8 nitrogen and oxygen atoms in total. The lowest BCUT2D eigenvalue weighted by molar-refractivity contribution is -0.142. The van der Waals surface area contributed by atoms with Gasteiger partial charge in [-0.25, -0.2) is 9.59 Å². The molecule has 1 aliphatic heterocycles. The maximum atomic E-state index is 12.0. The van der Waals surface area contributed by atoms with E-state index in [0.717, 1.165) is 31.4 Å². The van der Waals surface area contributed by atoms with Crippen LogP contribution in [0.5, 0.6) is 0 Å². The molecular weight excluding hydrogens is 416 g/mol. The van der Waals surface area contributed by atoms with Crippen molar-refractivity contribution >= 4 is 45.3 Å². The third kappa shape index (κ3) is 12.5. The largest absolute Gasteiger partial charge is 0.480 e. The van der Waals surface area contributed by atoms with Crippen LogP contribution in [0.2, 0.25) is 0 Å². The van der Waals surface area contributed by atoms with Crippen LogP contribution in [0, 0.1) is 0 Å². The van der Waals surface area contributed by atoms with Gasteiger partial charge in [0.05, 0.1) is 7.11 Å². The molecule has 1 aliphatic rings. The highest BCUT2D eigenvalue weighted by molar-refractivity contribution is 8.77. The molecule has 3 N–H and O–H groups in total. The summed E-state index contributed by atoms with van der Waals surface area (Å²) in [5.41, 5.74) is 0. The first-order chi connectivity index (χ1) is 13.9. The summed E-state index contributed by atoms with van der Waals surface area (Å²) in [5, 5.41) is 15.1. The molecule has 1 heterocycles. The Labute approximate surface area is 179 Å². The minimum absolute atomic E-state index is 0.230. The summed E-state index contributed by atoms with van der Waals surface area (Å²) in [7, 11) is 5.04. The molecule has 0 aromatic heterocycles. The van der Waals surface area contributed by atoms with E-state index in [0.29, 0.717) is 37.5 Å². The predicted octanol–water partition coefficient (Wildman–Crippen LogP) is 2.29. The van der Waals surface area contributed by atoms with Crippen LogP contribution in [-0.4, -0.2) is 59.6 Å². The summed E-state index contributed by atoms with van der Waals surface area (Å²) in [6, 6.07) is -0.917. The molecule has 29 heavy (non-hydrogen) atoms. The quantitative estimate of drug-likeness (QED) is 0.161. The second-order valence-electron chi connectivity index (χ2n) is 6.68. The first-order valence-corrected chi connectivity index (χ1v) is 12.1. The second-order valence-corrected chi connectivity index (χ2v) is 9.46. The van der Waals surface area contributed by atoms with Crippen molar-refractivity contribution in [3.63, 3.8) is 0 Å². The van der Waals surface area contributed by atoms with Crippen molar-refractivity contribution in [2.45, 2.75) is 62.7 Å². The van der Waals surface area contributed by atoms with Gasteiger partial charge in [-0.2, -0.15) is 0 Å². The fourth-order valence-electron chi connectivity index (χ4n) is 2.70. The smallest absolute Gasteiger partial charge is 0.330 e. The third-order valence-corrected chi connectivity index (χ3v) is 7.34. The number of methoxy groups -OCH3 is 1. The number of esters is 1. The fourth-order valence-corrected chi connectivity index (χ4v) is 5.73. The number of hydrogen-bond donors (Lipinski definition) is 3. The topological polar surface area (TPSA) is 122 Å². The Hall–Kier alpha value is -1.68. The number of nitrogens with one attached hydrogen (secondary N) is 2. The highest BCUT2D eigenvalue weighted by Crippen LogP contribution is 2.39. The molecule has 0 aliphatic carbocycles. The molecule has 0 spiro atoms. The van der Waals surface area contributed by atoms with Gasteiger partial charge in [-0.3, -0.25) is 9.59 Å².